The molecule has 0 spiro atoms. The van der Waals surface area contributed by atoms with Crippen LogP contribution in [0, 0.1) is 12.7 Å². The summed E-state index contributed by atoms with van der Waals surface area (Å²) in [4.78, 5) is 0. The van der Waals surface area contributed by atoms with Gasteiger partial charge in [-0.3, -0.25) is 0 Å². The summed E-state index contributed by atoms with van der Waals surface area (Å²) in [5.41, 5.74) is 2.63. The van der Waals surface area contributed by atoms with Gasteiger partial charge in [0.2, 0.25) is 0 Å². The van der Waals surface area contributed by atoms with Crippen molar-refractivity contribution in [2.24, 2.45) is 0 Å². The summed E-state index contributed by atoms with van der Waals surface area (Å²) in [5.74, 6) is -0.249. The predicted octanol–water partition coefficient (Wildman–Crippen LogP) is 4.94. The Balaban J connectivity index is 2.22. The van der Waals surface area contributed by atoms with Crippen LogP contribution in [0.2, 0.25) is 0 Å². The fourth-order valence-electron chi connectivity index (χ4n) is 1.98. The number of rotatable bonds is 3. The van der Waals surface area contributed by atoms with Crippen LogP contribution in [-0.4, -0.2) is 5.11 Å². The zero-order valence-corrected chi connectivity index (χ0v) is 13.5. The molecule has 0 bridgehead atoms. The predicted molar refractivity (Wildman–Crippen MR) is 81.6 cm³/mol. The maximum Gasteiger partial charge on any atom is 0.123 e. The van der Waals surface area contributed by atoms with E-state index in [0.717, 1.165) is 25.6 Å². The van der Waals surface area contributed by atoms with Crippen LogP contribution in [0.5, 0.6) is 0 Å². The summed E-state index contributed by atoms with van der Waals surface area (Å²) < 4.78 is 14.9. The fraction of sp³-hybridized carbons (Fsp3) is 0.200. The average molecular weight is 388 g/mol. The van der Waals surface area contributed by atoms with Gasteiger partial charge in [-0.25, -0.2) is 4.39 Å². The number of halogens is 3. The Morgan fingerprint density at radius 2 is 1.74 bits per heavy atom. The molecule has 19 heavy (non-hydrogen) atoms. The Labute approximate surface area is 128 Å². The van der Waals surface area contributed by atoms with E-state index in [9.17, 15) is 9.50 Å². The van der Waals surface area contributed by atoms with Crippen LogP contribution < -0.4 is 0 Å². The van der Waals surface area contributed by atoms with Gasteiger partial charge in [0.25, 0.3) is 0 Å². The van der Waals surface area contributed by atoms with Gasteiger partial charge in [0, 0.05) is 15.4 Å². The standard InChI is InChI=1S/C15H13Br2FO/c1-9-4-14(18)3-2-10(9)7-15(19)11-5-12(16)8-13(17)6-11/h2-6,8,15,19H,7H2,1H3. The molecular weight excluding hydrogens is 375 g/mol. The van der Waals surface area contributed by atoms with E-state index in [1.165, 1.54) is 12.1 Å². The first-order chi connectivity index (χ1) is 8.95. The van der Waals surface area contributed by atoms with Crippen LogP contribution in [0.15, 0.2) is 45.3 Å². The summed E-state index contributed by atoms with van der Waals surface area (Å²) in [6.07, 6.45) is -0.146. The molecule has 2 aromatic carbocycles. The van der Waals surface area contributed by atoms with E-state index < -0.39 is 6.10 Å². The van der Waals surface area contributed by atoms with Crippen molar-refractivity contribution in [3.8, 4) is 0 Å². The zero-order chi connectivity index (χ0) is 14.0. The topological polar surface area (TPSA) is 20.2 Å². The zero-order valence-electron chi connectivity index (χ0n) is 10.3. The molecule has 1 unspecified atom stereocenters. The SMILES string of the molecule is Cc1cc(F)ccc1CC(O)c1cc(Br)cc(Br)c1. The number of hydrogen-bond acceptors (Lipinski definition) is 1. The molecule has 0 radical (unpaired) electrons. The third kappa shape index (κ3) is 3.88. The summed E-state index contributed by atoms with van der Waals surface area (Å²) in [5, 5.41) is 10.3. The van der Waals surface area contributed by atoms with Gasteiger partial charge in [-0.15, -0.1) is 0 Å². The summed E-state index contributed by atoms with van der Waals surface area (Å²) in [7, 11) is 0. The average Bonchev–Trinajstić information content (AvgIpc) is 2.31. The van der Waals surface area contributed by atoms with Crippen molar-refractivity contribution in [3.63, 3.8) is 0 Å². The molecular formula is C15H13Br2FO. The lowest BCUT2D eigenvalue weighted by atomic mass is 9.98. The second-order valence-electron chi connectivity index (χ2n) is 4.49. The molecule has 0 aromatic heterocycles. The van der Waals surface area contributed by atoms with Gasteiger partial charge >= 0.3 is 0 Å². The van der Waals surface area contributed by atoms with E-state index in [-0.39, 0.29) is 5.82 Å². The number of aryl methyl sites for hydroxylation is 1. The monoisotopic (exact) mass is 386 g/mol. The van der Waals surface area contributed by atoms with Crippen LogP contribution in [0.1, 0.15) is 22.8 Å². The Bertz CT molecular complexity index is 578. The van der Waals surface area contributed by atoms with Crippen LogP contribution in [0.4, 0.5) is 4.39 Å². The fourth-order valence-corrected chi connectivity index (χ4v) is 3.31. The number of aliphatic hydroxyl groups is 1. The van der Waals surface area contributed by atoms with E-state index in [1.54, 1.807) is 6.07 Å². The minimum atomic E-state index is -0.613. The number of hydrogen-bond donors (Lipinski definition) is 1. The molecule has 2 rings (SSSR count). The molecule has 1 N–H and O–H groups in total. The highest BCUT2D eigenvalue weighted by Crippen LogP contribution is 2.27. The van der Waals surface area contributed by atoms with Crippen molar-refractivity contribution in [1.82, 2.24) is 0 Å². The van der Waals surface area contributed by atoms with Crippen molar-refractivity contribution in [1.29, 1.82) is 0 Å². The van der Waals surface area contributed by atoms with Crippen molar-refractivity contribution in [2.75, 3.05) is 0 Å². The van der Waals surface area contributed by atoms with E-state index in [4.69, 9.17) is 0 Å². The summed E-state index contributed by atoms with van der Waals surface area (Å²) in [6, 6.07) is 10.3. The highest BCUT2D eigenvalue weighted by molar-refractivity contribution is 9.11. The Morgan fingerprint density at radius 1 is 1.11 bits per heavy atom. The Morgan fingerprint density at radius 3 is 2.32 bits per heavy atom. The highest BCUT2D eigenvalue weighted by Gasteiger charge is 2.12. The molecule has 0 saturated carbocycles. The number of benzene rings is 2. The van der Waals surface area contributed by atoms with E-state index in [2.05, 4.69) is 31.9 Å². The van der Waals surface area contributed by atoms with Crippen LogP contribution >= 0.6 is 31.9 Å². The first kappa shape index (κ1) is 14.7. The van der Waals surface area contributed by atoms with Gasteiger partial charge in [0.15, 0.2) is 0 Å². The van der Waals surface area contributed by atoms with Crippen LogP contribution in [0.25, 0.3) is 0 Å². The lowest BCUT2D eigenvalue weighted by Gasteiger charge is -2.14. The molecule has 0 aliphatic carbocycles. The van der Waals surface area contributed by atoms with E-state index in [1.807, 2.05) is 25.1 Å². The van der Waals surface area contributed by atoms with Gasteiger partial charge in [0.05, 0.1) is 6.10 Å². The van der Waals surface area contributed by atoms with E-state index >= 15 is 0 Å². The largest absolute Gasteiger partial charge is 0.388 e. The van der Waals surface area contributed by atoms with Crippen molar-refractivity contribution >= 4 is 31.9 Å². The molecule has 0 amide bonds. The maximum absolute atomic E-state index is 13.0. The smallest absolute Gasteiger partial charge is 0.123 e. The molecule has 0 heterocycles. The molecule has 100 valence electrons. The molecule has 4 heteroatoms. The van der Waals surface area contributed by atoms with Gasteiger partial charge in [-0.1, -0.05) is 37.9 Å². The first-order valence-electron chi connectivity index (χ1n) is 5.85. The van der Waals surface area contributed by atoms with E-state index in [0.29, 0.717) is 6.42 Å². The number of aliphatic hydroxyl groups excluding tert-OH is 1. The lowest BCUT2D eigenvalue weighted by Crippen LogP contribution is -2.03. The Hall–Kier alpha value is -0.710. The van der Waals surface area contributed by atoms with Gasteiger partial charge in [-0.05, 0) is 53.9 Å². The van der Waals surface area contributed by atoms with Crippen molar-refractivity contribution in [2.45, 2.75) is 19.4 Å². The van der Waals surface area contributed by atoms with Crippen LogP contribution in [0.3, 0.4) is 0 Å². The third-order valence-corrected chi connectivity index (χ3v) is 3.90. The Kier molecular flexibility index (Phi) is 4.76. The van der Waals surface area contributed by atoms with Gasteiger partial charge in [-0.2, -0.15) is 0 Å². The highest BCUT2D eigenvalue weighted by atomic mass is 79.9. The quantitative estimate of drug-likeness (QED) is 0.791. The molecule has 0 aliphatic rings. The maximum atomic E-state index is 13.0. The third-order valence-electron chi connectivity index (χ3n) is 2.99. The first-order valence-corrected chi connectivity index (χ1v) is 7.43. The molecule has 1 atom stereocenters. The van der Waals surface area contributed by atoms with Gasteiger partial charge in [0.1, 0.15) is 5.82 Å². The molecule has 2 aromatic rings. The van der Waals surface area contributed by atoms with Gasteiger partial charge < -0.3 is 5.11 Å². The normalized spacial score (nSPS) is 12.5. The molecule has 0 fully saturated rings. The summed E-state index contributed by atoms with van der Waals surface area (Å²) in [6.45, 7) is 1.85. The minimum Gasteiger partial charge on any atom is -0.388 e. The van der Waals surface area contributed by atoms with Crippen molar-refractivity contribution < 1.29 is 9.50 Å². The molecule has 1 nitrogen and oxygen atoms in total. The summed E-state index contributed by atoms with van der Waals surface area (Å²) >= 11 is 6.80. The molecule has 0 saturated heterocycles. The second kappa shape index (κ2) is 6.16. The second-order valence-corrected chi connectivity index (χ2v) is 6.32. The minimum absolute atomic E-state index is 0.249. The molecule has 0 aliphatic heterocycles. The van der Waals surface area contributed by atoms with Crippen molar-refractivity contribution in [3.05, 3.63) is 67.9 Å². The lowest BCUT2D eigenvalue weighted by molar-refractivity contribution is 0.178. The van der Waals surface area contributed by atoms with Crippen LogP contribution in [-0.2, 0) is 6.42 Å².